The van der Waals surface area contributed by atoms with E-state index in [0.717, 1.165) is 16.7 Å². The van der Waals surface area contributed by atoms with Crippen LogP contribution in [0.5, 0.6) is 0 Å². The number of carbonyl (C=O) groups excluding carboxylic acids is 1. The molecular weight excluding hydrogens is 429 g/mol. The molecule has 1 fully saturated rings. The smallest absolute Gasteiger partial charge is 0.423 e. The summed E-state index contributed by atoms with van der Waals surface area (Å²) in [4.78, 5) is 12.1. The molecule has 1 aliphatic rings. The fourth-order valence-corrected chi connectivity index (χ4v) is 4.50. The van der Waals surface area contributed by atoms with E-state index in [2.05, 4.69) is 10.6 Å². The maximum Gasteiger partial charge on any atom is 0.491 e. The van der Waals surface area contributed by atoms with Crippen LogP contribution in [0.4, 0.5) is 13.2 Å². The molecule has 1 aliphatic heterocycles. The molecule has 0 spiro atoms. The first-order valence-corrected chi connectivity index (χ1v) is 10.7. The number of alkyl halides is 3. The zero-order chi connectivity index (χ0) is 23.7. The van der Waals surface area contributed by atoms with Gasteiger partial charge in [-0.2, -0.15) is 13.2 Å². The van der Waals surface area contributed by atoms with Crippen molar-refractivity contribution in [1.29, 1.82) is 0 Å². The minimum Gasteiger partial charge on any atom is -0.423 e. The normalized spacial score (nSPS) is 26.0. The number of carbonyl (C=O) groups is 1. The summed E-state index contributed by atoms with van der Waals surface area (Å²) in [6.07, 6.45) is -5.14. The zero-order valence-electron chi connectivity index (χ0n) is 18.3. The van der Waals surface area contributed by atoms with Gasteiger partial charge in [0, 0.05) is 0 Å². The third kappa shape index (κ3) is 4.38. The number of rotatable bonds is 5. The average molecular weight is 454 g/mol. The molecule has 4 atom stereocenters. The number of hydrogen-bond donors (Lipinski definition) is 2. The van der Waals surface area contributed by atoms with Gasteiger partial charge in [-0.15, -0.1) is 0 Å². The van der Waals surface area contributed by atoms with Gasteiger partial charge in [-0.3, -0.25) is 10.6 Å². The van der Waals surface area contributed by atoms with Crippen LogP contribution < -0.4 is 10.6 Å². The van der Waals surface area contributed by atoms with Gasteiger partial charge in [-0.25, -0.2) is 4.79 Å². The standard InChI is InChI=1S/C26H25F3N2O2/c1-18(19-12-6-3-7-13-19)26(33-23(32)25(27,28)29)30-22(20-14-8-4-9-15-20)24(2,31-26)21-16-10-5-11-17-21/h3-18,22,30-31H,1-2H3. The van der Waals surface area contributed by atoms with Crippen molar-refractivity contribution < 1.29 is 22.7 Å². The average Bonchev–Trinajstić information content (AvgIpc) is 3.14. The molecular formula is C26H25F3N2O2. The van der Waals surface area contributed by atoms with Crippen LogP contribution in [0.25, 0.3) is 0 Å². The summed E-state index contributed by atoms with van der Waals surface area (Å²) < 4.78 is 45.3. The molecule has 1 heterocycles. The molecule has 0 saturated carbocycles. The quantitative estimate of drug-likeness (QED) is 0.507. The maximum atomic E-state index is 13.3. The fourth-order valence-electron chi connectivity index (χ4n) is 4.50. The molecule has 0 aliphatic carbocycles. The van der Waals surface area contributed by atoms with Gasteiger partial charge >= 0.3 is 12.1 Å². The van der Waals surface area contributed by atoms with Crippen molar-refractivity contribution in [2.24, 2.45) is 0 Å². The summed E-state index contributed by atoms with van der Waals surface area (Å²) in [5.41, 5.74) is 1.52. The molecule has 7 heteroatoms. The second-order valence-electron chi connectivity index (χ2n) is 8.44. The van der Waals surface area contributed by atoms with Gasteiger partial charge in [0.25, 0.3) is 0 Å². The lowest BCUT2D eigenvalue weighted by atomic mass is 9.82. The lowest BCUT2D eigenvalue weighted by Gasteiger charge is -2.37. The molecule has 0 bridgehead atoms. The number of halogens is 3. The van der Waals surface area contributed by atoms with Gasteiger partial charge in [-0.05, 0) is 23.6 Å². The number of benzene rings is 3. The van der Waals surface area contributed by atoms with Gasteiger partial charge in [0.1, 0.15) is 0 Å². The second kappa shape index (κ2) is 8.65. The highest BCUT2D eigenvalue weighted by Gasteiger charge is 2.59. The van der Waals surface area contributed by atoms with Crippen LogP contribution >= 0.6 is 0 Å². The van der Waals surface area contributed by atoms with Crippen molar-refractivity contribution in [2.45, 2.75) is 43.4 Å². The Bertz CT molecular complexity index is 1090. The zero-order valence-corrected chi connectivity index (χ0v) is 18.3. The Labute approximate surface area is 190 Å². The lowest BCUT2D eigenvalue weighted by molar-refractivity contribution is -0.221. The number of hydrogen-bond acceptors (Lipinski definition) is 4. The summed E-state index contributed by atoms with van der Waals surface area (Å²) in [5.74, 6) is -4.73. The Morgan fingerprint density at radius 2 is 1.42 bits per heavy atom. The van der Waals surface area contributed by atoms with E-state index in [4.69, 9.17) is 4.74 Å². The number of esters is 1. The van der Waals surface area contributed by atoms with Crippen molar-refractivity contribution in [1.82, 2.24) is 10.6 Å². The molecule has 4 nitrogen and oxygen atoms in total. The van der Waals surface area contributed by atoms with Crippen molar-refractivity contribution in [2.75, 3.05) is 0 Å². The van der Waals surface area contributed by atoms with Crippen LogP contribution in [-0.2, 0) is 15.1 Å². The Morgan fingerprint density at radius 1 is 0.909 bits per heavy atom. The van der Waals surface area contributed by atoms with Crippen LogP contribution in [-0.4, -0.2) is 18.0 Å². The van der Waals surface area contributed by atoms with E-state index in [1.54, 1.807) is 31.2 Å². The molecule has 1 saturated heterocycles. The molecule has 3 aromatic carbocycles. The van der Waals surface area contributed by atoms with Crippen LogP contribution in [0.3, 0.4) is 0 Å². The first-order valence-electron chi connectivity index (χ1n) is 10.7. The molecule has 4 rings (SSSR count). The SMILES string of the molecule is CC(c1ccccc1)C1(OC(=O)C(F)(F)F)NC(c2ccccc2)C(C)(c2ccccc2)N1. The van der Waals surface area contributed by atoms with Crippen molar-refractivity contribution in [3.8, 4) is 0 Å². The minimum absolute atomic E-state index is 0.492. The Hall–Kier alpha value is -3.16. The Kier molecular flexibility index (Phi) is 6.03. The first kappa shape index (κ1) is 23.0. The highest BCUT2D eigenvalue weighted by molar-refractivity contribution is 5.76. The monoisotopic (exact) mass is 454 g/mol. The summed E-state index contributed by atoms with van der Waals surface area (Å²) in [6, 6.07) is 27.3. The highest BCUT2D eigenvalue weighted by Crippen LogP contribution is 2.47. The molecule has 172 valence electrons. The molecule has 4 unspecified atom stereocenters. The topological polar surface area (TPSA) is 50.4 Å². The van der Waals surface area contributed by atoms with Crippen molar-refractivity contribution in [3.05, 3.63) is 108 Å². The van der Waals surface area contributed by atoms with E-state index in [0.29, 0.717) is 0 Å². The third-order valence-corrected chi connectivity index (χ3v) is 6.28. The molecule has 3 aromatic rings. The number of ether oxygens (including phenoxy) is 1. The van der Waals surface area contributed by atoms with Crippen LogP contribution in [0, 0.1) is 0 Å². The fraction of sp³-hybridized carbons (Fsp3) is 0.269. The predicted molar refractivity (Wildman–Crippen MR) is 119 cm³/mol. The van der Waals surface area contributed by atoms with Gasteiger partial charge in [0.15, 0.2) is 0 Å². The van der Waals surface area contributed by atoms with Gasteiger partial charge in [-0.1, -0.05) is 97.9 Å². The van der Waals surface area contributed by atoms with E-state index in [-0.39, 0.29) is 0 Å². The highest BCUT2D eigenvalue weighted by atomic mass is 19.4. The largest absolute Gasteiger partial charge is 0.491 e. The summed E-state index contributed by atoms with van der Waals surface area (Å²) in [6.45, 7) is 3.63. The lowest BCUT2D eigenvalue weighted by Crippen LogP contribution is -2.59. The molecule has 0 aromatic heterocycles. The summed E-state index contributed by atoms with van der Waals surface area (Å²) in [7, 11) is 0. The predicted octanol–water partition coefficient (Wildman–Crippen LogP) is 5.40. The van der Waals surface area contributed by atoms with E-state index >= 15 is 0 Å². The molecule has 2 N–H and O–H groups in total. The second-order valence-corrected chi connectivity index (χ2v) is 8.44. The van der Waals surface area contributed by atoms with Gasteiger partial charge < -0.3 is 4.74 Å². The van der Waals surface area contributed by atoms with Crippen molar-refractivity contribution >= 4 is 5.97 Å². The van der Waals surface area contributed by atoms with Crippen LogP contribution in [0.1, 0.15) is 42.5 Å². The van der Waals surface area contributed by atoms with E-state index < -0.39 is 35.5 Å². The first-order chi connectivity index (χ1) is 15.7. The Morgan fingerprint density at radius 3 is 1.97 bits per heavy atom. The molecule has 0 amide bonds. The van der Waals surface area contributed by atoms with E-state index in [1.807, 2.05) is 73.7 Å². The summed E-state index contributed by atoms with van der Waals surface area (Å²) >= 11 is 0. The van der Waals surface area contributed by atoms with Gasteiger partial charge in [0.2, 0.25) is 5.85 Å². The summed E-state index contributed by atoms with van der Waals surface area (Å²) in [5, 5.41) is 6.55. The van der Waals surface area contributed by atoms with E-state index in [9.17, 15) is 18.0 Å². The van der Waals surface area contributed by atoms with Crippen molar-refractivity contribution in [3.63, 3.8) is 0 Å². The Balaban J connectivity index is 1.86. The van der Waals surface area contributed by atoms with Crippen LogP contribution in [0.2, 0.25) is 0 Å². The molecule has 0 radical (unpaired) electrons. The number of nitrogens with one attached hydrogen (secondary N) is 2. The molecule has 33 heavy (non-hydrogen) atoms. The van der Waals surface area contributed by atoms with Crippen LogP contribution in [0.15, 0.2) is 91.0 Å². The third-order valence-electron chi connectivity index (χ3n) is 6.28. The maximum absolute atomic E-state index is 13.3. The minimum atomic E-state index is -5.14. The van der Waals surface area contributed by atoms with Gasteiger partial charge in [0.05, 0.1) is 17.5 Å². The van der Waals surface area contributed by atoms with E-state index in [1.165, 1.54) is 0 Å².